The number of nitriles is 1. The molecule has 0 saturated carbocycles. The Morgan fingerprint density at radius 3 is 2.53 bits per heavy atom. The fraction of sp³-hybridized carbons (Fsp3) is 0.448. The molecule has 0 fully saturated rings. The molecule has 2 aromatic rings. The minimum Gasteiger partial charge on any atom is -0.494 e. The molecule has 1 aliphatic heterocycles. The van der Waals surface area contributed by atoms with Crippen LogP contribution < -0.4 is 19.7 Å². The summed E-state index contributed by atoms with van der Waals surface area (Å²) in [5, 5.41) is 20.7. The van der Waals surface area contributed by atoms with Crippen LogP contribution in [0.25, 0.3) is 0 Å². The lowest BCUT2D eigenvalue weighted by Gasteiger charge is -2.28. The first-order chi connectivity index (χ1) is 17.9. The van der Waals surface area contributed by atoms with E-state index in [2.05, 4.69) is 11.4 Å². The Balaban J connectivity index is 1.95. The van der Waals surface area contributed by atoms with Crippen molar-refractivity contribution in [2.45, 2.75) is 46.1 Å². The van der Waals surface area contributed by atoms with Gasteiger partial charge in [-0.2, -0.15) is 5.26 Å². The Morgan fingerprint density at radius 1 is 1.24 bits per heavy atom. The standard InChI is InChI=1S/C29H37N5O4/c1-8-38-25-14-20-16-34(28(31)21(20)11-19(25)15-26(36)32-5)17-24(35)18-12-22(29(2,3)4)27(37-7)23(13-18)33(6)10-9-30/h11-14,31H,8,10,15-17H2,1-7H3,(H,32,36). The highest BCUT2D eigenvalue weighted by atomic mass is 16.5. The van der Waals surface area contributed by atoms with Crippen molar-refractivity contribution in [3.63, 3.8) is 0 Å². The van der Waals surface area contributed by atoms with Crippen LogP contribution >= 0.6 is 0 Å². The molecule has 0 spiro atoms. The van der Waals surface area contributed by atoms with Crippen LogP contribution in [-0.4, -0.2) is 63.3 Å². The van der Waals surface area contributed by atoms with Crippen LogP contribution in [0.15, 0.2) is 24.3 Å². The Kier molecular flexibility index (Phi) is 8.67. The number of likely N-dealkylation sites (N-methyl/N-ethyl adjacent to an activating group) is 1. The highest BCUT2D eigenvalue weighted by Gasteiger charge is 2.30. The van der Waals surface area contributed by atoms with E-state index in [1.807, 2.05) is 45.9 Å². The maximum Gasteiger partial charge on any atom is 0.224 e. The number of benzene rings is 2. The van der Waals surface area contributed by atoms with Crippen LogP contribution in [0.3, 0.4) is 0 Å². The number of amides is 1. The van der Waals surface area contributed by atoms with Crippen LogP contribution in [0.5, 0.6) is 11.5 Å². The second-order valence-electron chi connectivity index (χ2n) is 10.4. The molecule has 1 amide bonds. The molecule has 0 aliphatic carbocycles. The maximum absolute atomic E-state index is 13.6. The smallest absolute Gasteiger partial charge is 0.224 e. The number of nitrogens with one attached hydrogen (secondary N) is 2. The lowest BCUT2D eigenvalue weighted by molar-refractivity contribution is -0.119. The van der Waals surface area contributed by atoms with E-state index in [4.69, 9.17) is 14.9 Å². The number of ether oxygens (including phenoxy) is 2. The van der Waals surface area contributed by atoms with Crippen molar-refractivity contribution in [3.05, 3.63) is 52.1 Å². The highest BCUT2D eigenvalue weighted by molar-refractivity contribution is 6.06. The van der Waals surface area contributed by atoms with Crippen LogP contribution in [0.4, 0.5) is 5.69 Å². The summed E-state index contributed by atoms with van der Waals surface area (Å²) in [5.74, 6) is 1.21. The van der Waals surface area contributed by atoms with E-state index >= 15 is 0 Å². The summed E-state index contributed by atoms with van der Waals surface area (Å²) in [5.41, 5.74) is 4.01. The van der Waals surface area contributed by atoms with Gasteiger partial charge < -0.3 is 24.6 Å². The minimum atomic E-state index is -0.308. The zero-order valence-electron chi connectivity index (χ0n) is 23.3. The highest BCUT2D eigenvalue weighted by Crippen LogP contribution is 2.40. The van der Waals surface area contributed by atoms with Gasteiger partial charge in [0.25, 0.3) is 0 Å². The van der Waals surface area contributed by atoms with Crippen LogP contribution in [0, 0.1) is 16.7 Å². The first-order valence-electron chi connectivity index (χ1n) is 12.6. The summed E-state index contributed by atoms with van der Waals surface area (Å²) in [7, 11) is 4.97. The van der Waals surface area contributed by atoms with E-state index in [1.54, 1.807) is 37.1 Å². The summed E-state index contributed by atoms with van der Waals surface area (Å²) in [4.78, 5) is 29.1. The van der Waals surface area contributed by atoms with E-state index < -0.39 is 0 Å². The number of amidine groups is 1. The van der Waals surface area contributed by atoms with E-state index in [0.717, 1.165) is 11.1 Å². The first-order valence-corrected chi connectivity index (χ1v) is 12.6. The van der Waals surface area contributed by atoms with Crippen molar-refractivity contribution in [1.29, 1.82) is 10.7 Å². The average Bonchev–Trinajstić information content (AvgIpc) is 3.16. The number of anilines is 1. The lowest BCUT2D eigenvalue weighted by Crippen LogP contribution is -2.31. The Bertz CT molecular complexity index is 1290. The third-order valence-corrected chi connectivity index (χ3v) is 6.61. The van der Waals surface area contributed by atoms with Crippen molar-refractivity contribution >= 4 is 23.2 Å². The minimum absolute atomic E-state index is 0.0135. The predicted molar refractivity (Wildman–Crippen MR) is 148 cm³/mol. The number of nitrogens with zero attached hydrogens (tertiary/aromatic N) is 3. The molecule has 0 aromatic heterocycles. The van der Waals surface area contributed by atoms with Gasteiger partial charge in [-0.15, -0.1) is 0 Å². The molecule has 9 heteroatoms. The van der Waals surface area contributed by atoms with Crippen molar-refractivity contribution < 1.29 is 19.1 Å². The molecule has 38 heavy (non-hydrogen) atoms. The molecule has 1 aliphatic rings. The predicted octanol–water partition coefficient (Wildman–Crippen LogP) is 3.66. The molecule has 202 valence electrons. The third-order valence-electron chi connectivity index (χ3n) is 6.61. The number of methoxy groups -OCH3 is 1. The molecular formula is C29H37N5O4. The number of rotatable bonds is 10. The van der Waals surface area contributed by atoms with Gasteiger partial charge >= 0.3 is 0 Å². The van der Waals surface area contributed by atoms with Crippen LogP contribution in [0.2, 0.25) is 0 Å². The second kappa shape index (κ2) is 11.5. The van der Waals surface area contributed by atoms with Crippen molar-refractivity contribution in [2.75, 3.05) is 45.8 Å². The average molecular weight is 520 g/mol. The van der Waals surface area contributed by atoms with Gasteiger partial charge in [0.15, 0.2) is 5.78 Å². The number of carbonyl (C=O) groups excluding carboxylic acids is 2. The van der Waals surface area contributed by atoms with Gasteiger partial charge in [-0.1, -0.05) is 20.8 Å². The van der Waals surface area contributed by atoms with Gasteiger partial charge in [-0.3, -0.25) is 15.0 Å². The van der Waals surface area contributed by atoms with E-state index in [0.29, 0.717) is 47.0 Å². The molecule has 2 aromatic carbocycles. The summed E-state index contributed by atoms with van der Waals surface area (Å²) >= 11 is 0. The number of carbonyl (C=O) groups is 2. The van der Waals surface area contributed by atoms with Gasteiger partial charge in [0, 0.05) is 42.9 Å². The van der Waals surface area contributed by atoms with Crippen LogP contribution in [-0.2, 0) is 23.2 Å². The summed E-state index contributed by atoms with van der Waals surface area (Å²) < 4.78 is 11.5. The number of ketones is 1. The Labute approximate surface area is 224 Å². The molecule has 0 saturated heterocycles. The SMILES string of the molecule is CCOc1cc2c(cc1CC(=O)NC)C(=N)N(CC(=O)c1cc(N(C)CC#N)c(OC)c(C(C)(C)C)c1)C2. The number of hydrogen-bond acceptors (Lipinski definition) is 7. The van der Waals surface area contributed by atoms with Gasteiger partial charge in [0.05, 0.1) is 38.4 Å². The number of hydrogen-bond donors (Lipinski definition) is 2. The van der Waals surface area contributed by atoms with E-state index in [9.17, 15) is 14.9 Å². The zero-order valence-corrected chi connectivity index (χ0v) is 23.3. The number of Topliss-reactive ketones (excluding diaryl/α,β-unsaturated/α-hetero) is 1. The van der Waals surface area contributed by atoms with Gasteiger partial charge in [0.1, 0.15) is 23.9 Å². The largest absolute Gasteiger partial charge is 0.494 e. The topological polar surface area (TPSA) is 119 Å². The first kappa shape index (κ1) is 28.5. The van der Waals surface area contributed by atoms with Gasteiger partial charge in [0.2, 0.25) is 5.91 Å². The van der Waals surface area contributed by atoms with Crippen LogP contribution in [0.1, 0.15) is 60.3 Å². The molecule has 0 bridgehead atoms. The fourth-order valence-corrected chi connectivity index (χ4v) is 4.58. The second-order valence-corrected chi connectivity index (χ2v) is 10.4. The fourth-order valence-electron chi connectivity index (χ4n) is 4.58. The molecule has 1 heterocycles. The van der Waals surface area contributed by atoms with Crippen molar-refractivity contribution in [3.8, 4) is 17.6 Å². The molecule has 2 N–H and O–H groups in total. The van der Waals surface area contributed by atoms with Gasteiger partial charge in [-0.25, -0.2) is 0 Å². The van der Waals surface area contributed by atoms with Gasteiger partial charge in [-0.05, 0) is 42.2 Å². The molecule has 0 radical (unpaired) electrons. The number of fused-ring (bicyclic) bond motifs is 1. The summed E-state index contributed by atoms with van der Waals surface area (Å²) in [6.07, 6.45) is 0.145. The quantitative estimate of drug-likeness (QED) is 0.363. The maximum atomic E-state index is 13.6. The lowest BCUT2D eigenvalue weighted by atomic mass is 9.84. The normalized spacial score (nSPS) is 12.6. The molecule has 3 rings (SSSR count). The third kappa shape index (κ3) is 5.91. The van der Waals surface area contributed by atoms with E-state index in [-0.39, 0.29) is 42.5 Å². The summed E-state index contributed by atoms with van der Waals surface area (Å²) in [6.45, 7) is 9.03. The van der Waals surface area contributed by atoms with Crippen molar-refractivity contribution in [1.82, 2.24) is 10.2 Å². The van der Waals surface area contributed by atoms with Crippen molar-refractivity contribution in [2.24, 2.45) is 0 Å². The molecule has 0 unspecified atom stereocenters. The summed E-state index contributed by atoms with van der Waals surface area (Å²) in [6, 6.07) is 9.45. The molecule has 9 nitrogen and oxygen atoms in total. The van der Waals surface area contributed by atoms with E-state index in [1.165, 1.54) is 0 Å². The Hall–Kier alpha value is -4.06. The Morgan fingerprint density at radius 2 is 1.95 bits per heavy atom. The monoisotopic (exact) mass is 519 g/mol. The molecular weight excluding hydrogens is 482 g/mol. The zero-order chi connectivity index (χ0) is 28.2. The molecule has 0 atom stereocenters.